The van der Waals surface area contributed by atoms with Crippen LogP contribution in [-0.4, -0.2) is 20.3 Å². The maximum Gasteiger partial charge on any atom is 0.230 e. The number of fused-ring (bicyclic) bond motifs is 2. The number of nitrogens with one attached hydrogen (secondary N) is 1. The van der Waals surface area contributed by atoms with Crippen LogP contribution in [0.15, 0.2) is 49.1 Å². The average Bonchev–Trinajstić information content (AvgIpc) is 3.37. The van der Waals surface area contributed by atoms with Gasteiger partial charge in [0, 0.05) is 30.2 Å². The summed E-state index contributed by atoms with van der Waals surface area (Å²) in [5, 5.41) is 14.0. The minimum absolute atomic E-state index is 0.161. The number of hydrogen-bond acceptors (Lipinski definition) is 4. The van der Waals surface area contributed by atoms with Crippen molar-refractivity contribution in [2.45, 2.75) is 13.3 Å². The molecule has 3 aromatic heterocycles. The summed E-state index contributed by atoms with van der Waals surface area (Å²) in [6.07, 6.45) is 7.99. The number of benzene rings is 1. The number of carbonyl (C=O) groups excluding carboxylic acids is 1. The van der Waals surface area contributed by atoms with E-state index in [9.17, 15) is 4.79 Å². The molecule has 5 rings (SSSR count). The van der Waals surface area contributed by atoms with Gasteiger partial charge < -0.3 is 9.72 Å². The molecule has 2 atom stereocenters. The van der Waals surface area contributed by atoms with Crippen LogP contribution in [0.4, 0.5) is 5.82 Å². The van der Waals surface area contributed by atoms with E-state index in [-0.39, 0.29) is 17.7 Å². The van der Waals surface area contributed by atoms with Gasteiger partial charge in [0.05, 0.1) is 22.9 Å². The molecule has 1 saturated carbocycles. The van der Waals surface area contributed by atoms with Crippen LogP contribution in [0.1, 0.15) is 12.0 Å². The Morgan fingerprint density at radius 2 is 2.17 bits per heavy atom. The highest BCUT2D eigenvalue weighted by atomic mass is 35.5. The molecule has 29 heavy (non-hydrogen) atoms. The number of nitrogens with zero attached hydrogens (tertiary/aromatic N) is 4. The number of aromatic nitrogens is 3. The highest BCUT2D eigenvalue weighted by molar-refractivity contribution is 6.36. The Labute approximate surface area is 171 Å². The van der Waals surface area contributed by atoms with Crippen molar-refractivity contribution in [2.75, 3.05) is 5.32 Å². The van der Waals surface area contributed by atoms with Gasteiger partial charge in [-0.2, -0.15) is 5.26 Å². The van der Waals surface area contributed by atoms with Crippen molar-refractivity contribution in [2.24, 2.45) is 11.8 Å². The van der Waals surface area contributed by atoms with E-state index in [0.29, 0.717) is 17.3 Å². The molecule has 7 heteroatoms. The standard InChI is InChI=1S/C22H16ClN5O/c1-12-11-28-3-2-25-21(28)8-16(12)13-4-14-7-20(26-10-18(14)19(23)6-13)27-22(29)17-5-15(17)9-24/h2-4,6-8,10-11,15,17H,5H2,1H3,(H,26,27,29)/t15-,17+/m1/s1. The predicted molar refractivity (Wildman–Crippen MR) is 112 cm³/mol. The lowest BCUT2D eigenvalue weighted by molar-refractivity contribution is -0.117. The van der Waals surface area contributed by atoms with Gasteiger partial charge in [-0.05, 0) is 59.7 Å². The van der Waals surface area contributed by atoms with Gasteiger partial charge >= 0.3 is 0 Å². The topological polar surface area (TPSA) is 83.1 Å². The second-order valence-electron chi connectivity index (χ2n) is 7.38. The number of imidazole rings is 1. The normalized spacial score (nSPS) is 18.0. The number of rotatable bonds is 3. The number of carbonyl (C=O) groups is 1. The molecule has 1 fully saturated rings. The van der Waals surface area contributed by atoms with E-state index >= 15 is 0 Å². The average molecular weight is 402 g/mol. The second-order valence-corrected chi connectivity index (χ2v) is 7.79. The molecule has 1 aromatic carbocycles. The smallest absolute Gasteiger partial charge is 0.230 e. The largest absolute Gasteiger partial charge is 0.310 e. The van der Waals surface area contributed by atoms with E-state index < -0.39 is 0 Å². The summed E-state index contributed by atoms with van der Waals surface area (Å²) in [6, 6.07) is 9.94. The molecule has 0 spiro atoms. The molecule has 1 amide bonds. The molecule has 1 N–H and O–H groups in total. The number of nitriles is 1. The lowest BCUT2D eigenvalue weighted by Crippen LogP contribution is -2.15. The number of anilines is 1. The van der Waals surface area contributed by atoms with Crippen LogP contribution in [0, 0.1) is 30.1 Å². The number of hydrogen-bond donors (Lipinski definition) is 1. The SMILES string of the molecule is Cc1cn2ccnc2cc1-c1cc(Cl)c2cnc(NC(=O)[C@H]3C[C@@H]3C#N)cc2c1. The fraction of sp³-hybridized carbons (Fsp3) is 0.182. The van der Waals surface area contributed by atoms with Gasteiger partial charge in [-0.15, -0.1) is 0 Å². The first kappa shape index (κ1) is 17.7. The van der Waals surface area contributed by atoms with Gasteiger partial charge in [0.25, 0.3) is 0 Å². The molecule has 1 aliphatic rings. The van der Waals surface area contributed by atoms with Gasteiger partial charge in [0.1, 0.15) is 11.5 Å². The lowest BCUT2D eigenvalue weighted by atomic mass is 9.99. The van der Waals surface area contributed by atoms with Gasteiger partial charge in [-0.25, -0.2) is 9.97 Å². The second kappa shape index (κ2) is 6.57. The quantitative estimate of drug-likeness (QED) is 0.543. The fourth-order valence-electron chi connectivity index (χ4n) is 3.66. The monoisotopic (exact) mass is 401 g/mol. The van der Waals surface area contributed by atoms with Crippen LogP contribution in [0.2, 0.25) is 5.02 Å². The third-order valence-electron chi connectivity index (χ3n) is 5.37. The van der Waals surface area contributed by atoms with Crippen molar-refractivity contribution < 1.29 is 4.79 Å². The minimum atomic E-state index is -0.239. The van der Waals surface area contributed by atoms with Crippen LogP contribution >= 0.6 is 11.6 Å². The predicted octanol–water partition coefficient (Wildman–Crippen LogP) is 4.61. The Balaban J connectivity index is 1.54. The first-order valence-corrected chi connectivity index (χ1v) is 9.65. The third kappa shape index (κ3) is 3.10. The van der Waals surface area contributed by atoms with Gasteiger partial charge in [0.2, 0.25) is 5.91 Å². The summed E-state index contributed by atoms with van der Waals surface area (Å²) in [7, 11) is 0. The van der Waals surface area contributed by atoms with Crippen molar-refractivity contribution >= 4 is 39.7 Å². The van der Waals surface area contributed by atoms with E-state index in [4.69, 9.17) is 16.9 Å². The molecule has 0 radical (unpaired) electrons. The maximum atomic E-state index is 12.2. The molecule has 6 nitrogen and oxygen atoms in total. The number of amides is 1. The molecule has 0 bridgehead atoms. The molecule has 4 aromatic rings. The summed E-state index contributed by atoms with van der Waals surface area (Å²) in [4.78, 5) is 20.9. The van der Waals surface area contributed by atoms with Gasteiger partial charge in [-0.3, -0.25) is 4.79 Å². The molecule has 1 aliphatic carbocycles. The molecule has 0 unspecified atom stereocenters. The highest BCUT2D eigenvalue weighted by Crippen LogP contribution is 2.39. The summed E-state index contributed by atoms with van der Waals surface area (Å²) < 4.78 is 1.98. The molecule has 0 aliphatic heterocycles. The third-order valence-corrected chi connectivity index (χ3v) is 5.68. The van der Waals surface area contributed by atoms with E-state index in [1.54, 1.807) is 12.4 Å². The van der Waals surface area contributed by atoms with Crippen LogP contribution in [0.5, 0.6) is 0 Å². The Kier molecular flexibility index (Phi) is 4.00. The summed E-state index contributed by atoms with van der Waals surface area (Å²) in [5.74, 6) is -0.126. The Bertz CT molecular complexity index is 1340. The number of aryl methyl sites for hydroxylation is 1. The zero-order chi connectivity index (χ0) is 20.1. The number of halogens is 1. The highest BCUT2D eigenvalue weighted by Gasteiger charge is 2.43. The van der Waals surface area contributed by atoms with Crippen molar-refractivity contribution in [3.05, 3.63) is 59.6 Å². The van der Waals surface area contributed by atoms with Crippen molar-refractivity contribution in [1.82, 2.24) is 14.4 Å². The van der Waals surface area contributed by atoms with Crippen LogP contribution < -0.4 is 5.32 Å². The van der Waals surface area contributed by atoms with Crippen LogP contribution in [0.25, 0.3) is 27.5 Å². The fourth-order valence-corrected chi connectivity index (χ4v) is 3.94. The van der Waals surface area contributed by atoms with E-state index in [1.807, 2.05) is 48.0 Å². The summed E-state index contributed by atoms with van der Waals surface area (Å²) >= 11 is 6.53. The molecular formula is C22H16ClN5O. The van der Waals surface area contributed by atoms with Gasteiger partial charge in [-0.1, -0.05) is 11.6 Å². The van der Waals surface area contributed by atoms with Crippen molar-refractivity contribution in [3.8, 4) is 17.2 Å². The molecule has 142 valence electrons. The van der Waals surface area contributed by atoms with Crippen molar-refractivity contribution in [3.63, 3.8) is 0 Å². The molecular weight excluding hydrogens is 386 g/mol. The van der Waals surface area contributed by atoms with Gasteiger partial charge in [0.15, 0.2) is 0 Å². The molecule has 0 saturated heterocycles. The van der Waals surface area contributed by atoms with Crippen LogP contribution in [0.3, 0.4) is 0 Å². The Morgan fingerprint density at radius 3 is 2.97 bits per heavy atom. The minimum Gasteiger partial charge on any atom is -0.310 e. The zero-order valence-corrected chi connectivity index (χ0v) is 16.3. The summed E-state index contributed by atoms with van der Waals surface area (Å²) in [5.41, 5.74) is 3.98. The Morgan fingerprint density at radius 1 is 1.31 bits per heavy atom. The zero-order valence-electron chi connectivity index (χ0n) is 15.6. The van der Waals surface area contributed by atoms with Crippen LogP contribution in [-0.2, 0) is 4.79 Å². The van der Waals surface area contributed by atoms with E-state index in [0.717, 1.165) is 33.1 Å². The summed E-state index contributed by atoms with van der Waals surface area (Å²) in [6.45, 7) is 2.05. The van der Waals surface area contributed by atoms with E-state index in [2.05, 4.69) is 21.4 Å². The first-order valence-electron chi connectivity index (χ1n) is 9.27. The van der Waals surface area contributed by atoms with E-state index in [1.165, 1.54) is 0 Å². The number of pyridine rings is 2. The molecule has 3 heterocycles. The van der Waals surface area contributed by atoms with Crippen molar-refractivity contribution in [1.29, 1.82) is 5.26 Å². The maximum absolute atomic E-state index is 12.2. The first-order chi connectivity index (χ1) is 14.0. The lowest BCUT2D eigenvalue weighted by Gasteiger charge is -2.11. The Hall–Kier alpha value is -3.43.